The maximum Gasteiger partial charge on any atom is 0.218 e. The molecule has 0 aromatic carbocycles. The van der Waals surface area contributed by atoms with Gasteiger partial charge in [0.05, 0.1) is 25.0 Å². The summed E-state index contributed by atoms with van der Waals surface area (Å²) in [5, 5.41) is 13.2. The Bertz CT molecular complexity index is 353. The van der Waals surface area contributed by atoms with E-state index in [1.807, 2.05) is 27.0 Å². The lowest BCUT2D eigenvalue weighted by Crippen LogP contribution is -1.95. The third-order valence-corrected chi connectivity index (χ3v) is 2.05. The highest BCUT2D eigenvalue weighted by Gasteiger charge is 2.11. The predicted octanol–water partition coefficient (Wildman–Crippen LogP) is 1.13. The SMILES string of the molecule is COc1c(/C=C(/C)CO)c(C)nn1C. The molecule has 0 bridgehead atoms. The van der Waals surface area contributed by atoms with Crippen molar-refractivity contribution in [1.29, 1.82) is 0 Å². The normalized spacial score (nSPS) is 11.9. The lowest BCUT2D eigenvalue weighted by molar-refractivity contribution is 0.332. The van der Waals surface area contributed by atoms with E-state index in [1.165, 1.54) is 0 Å². The molecule has 1 rings (SSSR count). The standard InChI is InChI=1S/C10H16N2O2/c1-7(6-13)5-9-8(2)11-12(3)10(9)14-4/h5,13H,6H2,1-4H3/b7-5-. The molecule has 0 spiro atoms. The van der Waals surface area contributed by atoms with Crippen molar-refractivity contribution in [2.45, 2.75) is 13.8 Å². The van der Waals surface area contributed by atoms with Gasteiger partial charge in [0.25, 0.3) is 0 Å². The summed E-state index contributed by atoms with van der Waals surface area (Å²) >= 11 is 0. The minimum absolute atomic E-state index is 0.0531. The number of hydrogen-bond donors (Lipinski definition) is 1. The molecule has 0 radical (unpaired) electrons. The number of aliphatic hydroxyl groups excluding tert-OH is 1. The van der Waals surface area contributed by atoms with Crippen molar-refractivity contribution in [3.63, 3.8) is 0 Å². The molecule has 0 aliphatic carbocycles. The Morgan fingerprint density at radius 3 is 2.79 bits per heavy atom. The second-order valence-corrected chi connectivity index (χ2v) is 3.28. The summed E-state index contributed by atoms with van der Waals surface area (Å²) in [6.45, 7) is 3.84. The molecule has 0 fully saturated rings. The molecule has 0 aliphatic heterocycles. The Balaban J connectivity index is 3.18. The average molecular weight is 196 g/mol. The van der Waals surface area contributed by atoms with E-state index >= 15 is 0 Å². The van der Waals surface area contributed by atoms with Crippen LogP contribution in [0.1, 0.15) is 18.2 Å². The van der Waals surface area contributed by atoms with Crippen molar-refractivity contribution in [3.8, 4) is 5.88 Å². The van der Waals surface area contributed by atoms with Crippen LogP contribution in [0.4, 0.5) is 0 Å². The van der Waals surface area contributed by atoms with Gasteiger partial charge in [0.15, 0.2) is 0 Å². The number of ether oxygens (including phenoxy) is 1. The molecule has 1 heterocycles. The van der Waals surface area contributed by atoms with Gasteiger partial charge in [0.1, 0.15) is 0 Å². The summed E-state index contributed by atoms with van der Waals surface area (Å²) < 4.78 is 6.90. The van der Waals surface area contributed by atoms with Gasteiger partial charge in [-0.15, -0.1) is 0 Å². The van der Waals surface area contributed by atoms with Crippen molar-refractivity contribution < 1.29 is 9.84 Å². The molecule has 1 aromatic heterocycles. The van der Waals surface area contributed by atoms with Crippen molar-refractivity contribution >= 4 is 6.08 Å². The average Bonchev–Trinajstić information content (AvgIpc) is 2.41. The number of rotatable bonds is 3. The molecule has 78 valence electrons. The van der Waals surface area contributed by atoms with Crippen LogP contribution in [-0.4, -0.2) is 28.6 Å². The summed E-state index contributed by atoms with van der Waals surface area (Å²) in [6.07, 6.45) is 1.89. The van der Waals surface area contributed by atoms with E-state index in [2.05, 4.69) is 5.10 Å². The van der Waals surface area contributed by atoms with Crippen LogP contribution in [0, 0.1) is 6.92 Å². The second kappa shape index (κ2) is 4.28. The first-order valence-electron chi connectivity index (χ1n) is 4.45. The Kier molecular flexibility index (Phi) is 3.30. The van der Waals surface area contributed by atoms with Crippen molar-refractivity contribution in [2.75, 3.05) is 13.7 Å². The van der Waals surface area contributed by atoms with Crippen molar-refractivity contribution in [3.05, 3.63) is 16.8 Å². The van der Waals surface area contributed by atoms with Crippen LogP contribution < -0.4 is 4.74 Å². The van der Waals surface area contributed by atoms with Crippen molar-refractivity contribution in [2.24, 2.45) is 7.05 Å². The fourth-order valence-electron chi connectivity index (χ4n) is 1.35. The van der Waals surface area contributed by atoms with Crippen LogP contribution in [0.25, 0.3) is 6.08 Å². The zero-order valence-electron chi connectivity index (χ0n) is 9.03. The summed E-state index contributed by atoms with van der Waals surface area (Å²) in [6, 6.07) is 0. The van der Waals surface area contributed by atoms with Crippen LogP contribution in [0.3, 0.4) is 0 Å². The van der Waals surface area contributed by atoms with Crippen molar-refractivity contribution in [1.82, 2.24) is 9.78 Å². The number of aliphatic hydroxyl groups is 1. The number of hydrogen-bond acceptors (Lipinski definition) is 3. The van der Waals surface area contributed by atoms with Gasteiger partial charge >= 0.3 is 0 Å². The van der Waals surface area contributed by atoms with Crippen LogP contribution in [0.2, 0.25) is 0 Å². The van der Waals surface area contributed by atoms with Gasteiger partial charge in [-0.05, 0) is 25.5 Å². The first-order valence-corrected chi connectivity index (χ1v) is 4.45. The number of nitrogens with zero attached hydrogens (tertiary/aromatic N) is 2. The molecule has 14 heavy (non-hydrogen) atoms. The molecule has 1 aromatic rings. The van der Waals surface area contributed by atoms with Gasteiger partial charge in [-0.1, -0.05) is 0 Å². The summed E-state index contributed by atoms with van der Waals surface area (Å²) in [4.78, 5) is 0. The molecule has 1 N–H and O–H groups in total. The van der Waals surface area contributed by atoms with Gasteiger partial charge in [-0.25, -0.2) is 4.68 Å². The fraction of sp³-hybridized carbons (Fsp3) is 0.500. The Hall–Kier alpha value is -1.29. The minimum atomic E-state index is 0.0531. The molecule has 0 aliphatic rings. The van der Waals surface area contributed by atoms with Crippen LogP contribution in [0.5, 0.6) is 5.88 Å². The maximum atomic E-state index is 8.92. The molecule has 4 nitrogen and oxygen atoms in total. The second-order valence-electron chi connectivity index (χ2n) is 3.28. The lowest BCUT2D eigenvalue weighted by Gasteiger charge is -2.01. The maximum absolute atomic E-state index is 8.92. The summed E-state index contributed by atoms with van der Waals surface area (Å²) in [5.74, 6) is 0.718. The highest BCUT2D eigenvalue weighted by atomic mass is 16.5. The van der Waals surface area contributed by atoms with E-state index in [1.54, 1.807) is 11.8 Å². The van der Waals surface area contributed by atoms with Gasteiger partial charge in [0, 0.05) is 7.05 Å². The van der Waals surface area contributed by atoms with E-state index in [0.717, 1.165) is 22.7 Å². The molecule has 0 saturated heterocycles. The summed E-state index contributed by atoms with van der Waals surface area (Å²) in [5.41, 5.74) is 2.72. The van der Waals surface area contributed by atoms with E-state index in [0.29, 0.717) is 0 Å². The Morgan fingerprint density at radius 1 is 1.64 bits per heavy atom. The summed E-state index contributed by atoms with van der Waals surface area (Å²) in [7, 11) is 3.44. The lowest BCUT2D eigenvalue weighted by atomic mass is 10.2. The molecule has 0 atom stereocenters. The van der Waals surface area contributed by atoms with Crippen LogP contribution in [-0.2, 0) is 7.05 Å². The van der Waals surface area contributed by atoms with E-state index < -0.39 is 0 Å². The highest BCUT2D eigenvalue weighted by Crippen LogP contribution is 2.23. The van der Waals surface area contributed by atoms with Gasteiger partial charge < -0.3 is 9.84 Å². The number of aryl methyl sites for hydroxylation is 2. The number of aromatic nitrogens is 2. The zero-order valence-corrected chi connectivity index (χ0v) is 9.03. The third-order valence-electron chi connectivity index (χ3n) is 2.05. The molecular formula is C10H16N2O2. The zero-order chi connectivity index (χ0) is 10.7. The smallest absolute Gasteiger partial charge is 0.218 e. The monoisotopic (exact) mass is 196 g/mol. The minimum Gasteiger partial charge on any atom is -0.481 e. The van der Waals surface area contributed by atoms with E-state index in [4.69, 9.17) is 9.84 Å². The highest BCUT2D eigenvalue weighted by molar-refractivity contribution is 5.60. The molecule has 0 amide bonds. The van der Waals surface area contributed by atoms with E-state index in [9.17, 15) is 0 Å². The molecule has 4 heteroatoms. The first-order chi connectivity index (χ1) is 6.60. The van der Waals surface area contributed by atoms with E-state index in [-0.39, 0.29) is 6.61 Å². The molecular weight excluding hydrogens is 180 g/mol. The van der Waals surface area contributed by atoms with Gasteiger partial charge in [-0.3, -0.25) is 0 Å². The Labute approximate surface area is 83.8 Å². The quantitative estimate of drug-likeness (QED) is 0.788. The molecule has 0 saturated carbocycles. The van der Waals surface area contributed by atoms with Gasteiger partial charge in [0.2, 0.25) is 5.88 Å². The molecule has 0 unspecified atom stereocenters. The largest absolute Gasteiger partial charge is 0.481 e. The fourth-order valence-corrected chi connectivity index (χ4v) is 1.35. The van der Waals surface area contributed by atoms with Gasteiger partial charge in [-0.2, -0.15) is 5.10 Å². The Morgan fingerprint density at radius 2 is 2.29 bits per heavy atom. The van der Waals surface area contributed by atoms with Crippen LogP contribution >= 0.6 is 0 Å². The first kappa shape index (κ1) is 10.8. The predicted molar refractivity (Wildman–Crippen MR) is 55.2 cm³/mol. The number of methoxy groups -OCH3 is 1. The van der Waals surface area contributed by atoms with Crippen LogP contribution in [0.15, 0.2) is 5.57 Å². The topological polar surface area (TPSA) is 47.3 Å². The third kappa shape index (κ3) is 1.96.